The van der Waals surface area contributed by atoms with Crippen LogP contribution in [0.15, 0.2) is 72.8 Å². The molecule has 0 atom stereocenters. The maximum atomic E-state index is 15.4. The third-order valence-corrected chi connectivity index (χ3v) is 10.4. The standard InChI is InChI=1S/C24BF20.C20H18NO/c26-5-1(6(27)14(35)21(42)13(5)34)25(2-7(28)15(36)22(43)16(37)8(2)29,3-9(30)17(38)23(44)18(39)10(3)31)4-11(32)19(40)24(45)20(41)12(4)33;1-2-8-18-14-13-16-9-6-7-12-19(16)21(18)15-20(22)17-10-4-3-5-11-17/h;2-14H,15H2,1H3/q-1;+1. The summed E-state index contributed by atoms with van der Waals surface area (Å²) in [6, 6.07) is 21.7. The Kier molecular flexibility index (Phi) is 13.7. The lowest BCUT2D eigenvalue weighted by atomic mass is 9.12. The first-order chi connectivity index (χ1) is 31.5. The number of ketones is 1. The lowest BCUT2D eigenvalue weighted by Crippen LogP contribution is -2.81. The van der Waals surface area contributed by atoms with E-state index in [-0.39, 0.29) is 5.78 Å². The number of nitrogens with zero attached hydrogens (tertiary/aromatic N) is 1. The average Bonchev–Trinajstić information content (AvgIpc) is 3.32. The van der Waals surface area contributed by atoms with Crippen LogP contribution in [-0.4, -0.2) is 11.9 Å². The molecule has 1 heterocycles. The van der Waals surface area contributed by atoms with E-state index in [1.165, 1.54) is 0 Å². The van der Waals surface area contributed by atoms with Gasteiger partial charge in [0.2, 0.25) is 23.5 Å². The van der Waals surface area contributed by atoms with E-state index < -0.39 is 144 Å². The van der Waals surface area contributed by atoms with Gasteiger partial charge in [-0.1, -0.05) is 48.5 Å². The van der Waals surface area contributed by atoms with Crippen molar-refractivity contribution in [1.82, 2.24) is 0 Å². The van der Waals surface area contributed by atoms with Crippen molar-refractivity contribution in [2.75, 3.05) is 0 Å². The van der Waals surface area contributed by atoms with Crippen LogP contribution in [0.1, 0.15) is 23.0 Å². The highest BCUT2D eigenvalue weighted by molar-refractivity contribution is 7.20. The molecular weight excluding hydrogens is 949 g/mol. The van der Waals surface area contributed by atoms with Crippen LogP contribution in [0.25, 0.3) is 17.0 Å². The third-order valence-electron chi connectivity index (χ3n) is 10.4. The number of fused-ring (bicyclic) bond motifs is 1. The van der Waals surface area contributed by atoms with Crippen molar-refractivity contribution in [1.29, 1.82) is 0 Å². The van der Waals surface area contributed by atoms with Gasteiger partial charge in [-0.2, -0.15) is 4.57 Å². The Morgan fingerprint density at radius 2 is 0.701 bits per heavy atom. The topological polar surface area (TPSA) is 20.9 Å². The van der Waals surface area contributed by atoms with Crippen molar-refractivity contribution in [2.45, 2.75) is 13.5 Å². The Bertz CT molecular complexity index is 2820. The Labute approximate surface area is 361 Å². The van der Waals surface area contributed by atoms with E-state index in [2.05, 4.69) is 28.8 Å². The number of rotatable bonds is 8. The van der Waals surface area contributed by atoms with Gasteiger partial charge in [-0.25, -0.2) is 87.8 Å². The minimum Gasteiger partial charge on any atom is -0.287 e. The van der Waals surface area contributed by atoms with Crippen LogP contribution in [-0.2, 0) is 6.54 Å². The minimum atomic E-state index is -7.22. The summed E-state index contributed by atoms with van der Waals surface area (Å²) in [5.74, 6) is -71.3. The number of hydrogen-bond acceptors (Lipinski definition) is 1. The Morgan fingerprint density at radius 3 is 1.03 bits per heavy atom. The zero-order valence-electron chi connectivity index (χ0n) is 32.7. The van der Waals surface area contributed by atoms with E-state index in [1.807, 2.05) is 61.5 Å². The lowest BCUT2D eigenvalue weighted by molar-refractivity contribution is -0.658. The molecule has 0 aliphatic rings. The summed E-state index contributed by atoms with van der Waals surface area (Å²) in [5.41, 5.74) is -11.5. The van der Waals surface area contributed by atoms with Gasteiger partial charge in [0, 0.05) is 29.2 Å². The summed E-state index contributed by atoms with van der Waals surface area (Å²) in [6.45, 7) is 2.32. The van der Waals surface area contributed by atoms with E-state index in [1.54, 1.807) is 0 Å². The fraction of sp³-hybridized carbons (Fsp3) is 0.0455. The number of pyridine rings is 1. The fourth-order valence-electron chi connectivity index (χ4n) is 7.50. The third kappa shape index (κ3) is 7.82. The van der Waals surface area contributed by atoms with Gasteiger partial charge >= 0.3 is 0 Å². The molecule has 0 saturated heterocycles. The predicted octanol–water partition coefficient (Wildman–Crippen LogP) is 9.89. The van der Waals surface area contributed by atoms with Crippen LogP contribution < -0.4 is 26.4 Å². The first-order valence-electron chi connectivity index (χ1n) is 18.4. The highest BCUT2D eigenvalue weighted by Crippen LogP contribution is 2.31. The summed E-state index contributed by atoms with van der Waals surface area (Å²) in [5, 5.41) is 1.14. The predicted molar refractivity (Wildman–Crippen MR) is 199 cm³/mol. The van der Waals surface area contributed by atoms with Gasteiger partial charge in [-0.05, 0) is 19.1 Å². The normalized spacial score (nSPS) is 11.7. The number of benzene rings is 6. The Morgan fingerprint density at radius 1 is 0.403 bits per heavy atom. The Balaban J connectivity index is 0.000000279. The maximum Gasteiger partial charge on any atom is 0.227 e. The molecule has 0 bridgehead atoms. The molecule has 6 aromatic carbocycles. The van der Waals surface area contributed by atoms with Crippen LogP contribution in [0, 0.1) is 116 Å². The van der Waals surface area contributed by atoms with Crippen LogP contribution in [0.5, 0.6) is 0 Å². The van der Waals surface area contributed by atoms with Crippen molar-refractivity contribution >= 4 is 50.8 Å². The second-order valence-corrected chi connectivity index (χ2v) is 14.0. The second kappa shape index (κ2) is 18.6. The molecule has 0 aliphatic heterocycles. The summed E-state index contributed by atoms with van der Waals surface area (Å²) < 4.78 is 296. The van der Waals surface area contributed by atoms with Crippen molar-refractivity contribution < 1.29 is 97.2 Å². The van der Waals surface area contributed by atoms with Gasteiger partial charge in [0.05, 0.1) is 0 Å². The van der Waals surface area contributed by atoms with Crippen molar-refractivity contribution in [3.05, 3.63) is 200 Å². The minimum absolute atomic E-state index is 0.118. The molecular formula is C44H18BF20NO. The molecule has 0 radical (unpaired) electrons. The summed E-state index contributed by atoms with van der Waals surface area (Å²) in [4.78, 5) is 12.6. The van der Waals surface area contributed by atoms with Gasteiger partial charge in [0.25, 0.3) is 0 Å². The van der Waals surface area contributed by atoms with Gasteiger partial charge in [0.15, 0.2) is 69.8 Å². The Hall–Kier alpha value is -7.20. The second-order valence-electron chi connectivity index (χ2n) is 14.0. The molecule has 348 valence electrons. The monoisotopic (exact) mass is 967 g/mol. The van der Waals surface area contributed by atoms with E-state index >= 15 is 35.1 Å². The van der Waals surface area contributed by atoms with Crippen LogP contribution in [0.3, 0.4) is 0 Å². The largest absolute Gasteiger partial charge is 0.287 e. The number of allylic oxidation sites excluding steroid dienone is 1. The molecule has 0 amide bonds. The summed E-state index contributed by atoms with van der Waals surface area (Å²) in [6.07, 6.45) is -3.19. The van der Waals surface area contributed by atoms with Crippen molar-refractivity contribution in [3.8, 4) is 0 Å². The SMILES string of the molecule is CC=Cc1ccc2ccccc2[n+]1CC(=O)c1ccccc1.Fc1c(F)c(F)c([B-](c2c(F)c(F)c(F)c(F)c2F)(c2c(F)c(F)c(F)c(F)c2F)c2c(F)c(F)c(F)c(F)c2F)c(F)c1F. The maximum absolute atomic E-state index is 15.4. The molecule has 0 spiro atoms. The van der Waals surface area contributed by atoms with Crippen molar-refractivity contribution in [3.63, 3.8) is 0 Å². The molecule has 67 heavy (non-hydrogen) atoms. The number of halogens is 20. The number of hydrogen-bond donors (Lipinski definition) is 0. The van der Waals surface area contributed by atoms with E-state index in [9.17, 15) is 57.5 Å². The highest BCUT2D eigenvalue weighted by atomic mass is 19.2. The number of para-hydroxylation sites is 1. The molecule has 0 unspecified atom stereocenters. The van der Waals surface area contributed by atoms with Gasteiger partial charge < -0.3 is 0 Å². The van der Waals surface area contributed by atoms with Gasteiger partial charge in [0.1, 0.15) is 52.7 Å². The quantitative estimate of drug-likeness (QED) is 0.0372. The molecule has 0 saturated carbocycles. The molecule has 7 rings (SSSR count). The first kappa shape index (κ1) is 49.2. The molecule has 1 aromatic heterocycles. The van der Waals surface area contributed by atoms with E-state index in [4.69, 9.17) is 0 Å². The zero-order valence-corrected chi connectivity index (χ0v) is 32.7. The van der Waals surface area contributed by atoms with E-state index in [0.717, 1.165) is 22.2 Å². The van der Waals surface area contributed by atoms with Crippen LogP contribution in [0.2, 0.25) is 0 Å². The van der Waals surface area contributed by atoms with Crippen LogP contribution >= 0.6 is 0 Å². The summed E-state index contributed by atoms with van der Waals surface area (Å²) in [7, 11) is 0. The number of carbonyl (C=O) groups excluding carboxylic acids is 1. The number of aromatic nitrogens is 1. The van der Waals surface area contributed by atoms with Crippen LogP contribution in [0.4, 0.5) is 87.8 Å². The van der Waals surface area contributed by atoms with Gasteiger partial charge in [-0.3, -0.25) is 4.79 Å². The molecule has 2 nitrogen and oxygen atoms in total. The number of Topliss-reactive ketones (excluding diaryl/α,β-unsaturated/α-hetero) is 1. The molecule has 23 heteroatoms. The fourth-order valence-corrected chi connectivity index (χ4v) is 7.50. The highest BCUT2D eigenvalue weighted by Gasteiger charge is 2.52. The van der Waals surface area contributed by atoms with E-state index in [0.29, 0.717) is 6.54 Å². The number of carbonyl (C=O) groups is 1. The molecule has 7 aromatic rings. The van der Waals surface area contributed by atoms with Gasteiger partial charge in [-0.15, -0.1) is 21.9 Å². The van der Waals surface area contributed by atoms with Crippen molar-refractivity contribution in [2.24, 2.45) is 0 Å². The molecule has 0 N–H and O–H groups in total. The zero-order chi connectivity index (χ0) is 49.7. The lowest BCUT2D eigenvalue weighted by Gasteiger charge is -2.44. The molecule has 0 fully saturated rings. The molecule has 0 aliphatic carbocycles. The summed E-state index contributed by atoms with van der Waals surface area (Å²) >= 11 is 0. The smallest absolute Gasteiger partial charge is 0.227 e. The first-order valence-corrected chi connectivity index (χ1v) is 18.4. The average molecular weight is 967 g/mol.